The Kier molecular flexibility index (Phi) is 2.39. The van der Waals surface area contributed by atoms with Gasteiger partial charge in [-0.15, -0.1) is 0 Å². The summed E-state index contributed by atoms with van der Waals surface area (Å²) in [6, 6.07) is 0. The molecule has 2 aliphatic rings. The molecule has 1 aliphatic heterocycles. The van der Waals surface area contributed by atoms with E-state index in [0.717, 1.165) is 12.0 Å². The lowest BCUT2D eigenvalue weighted by molar-refractivity contribution is -0.133. The molecule has 1 saturated carbocycles. The highest BCUT2D eigenvalue weighted by Gasteiger charge is 2.62. The molecule has 0 radical (unpaired) electrons. The predicted octanol–water partition coefficient (Wildman–Crippen LogP) is 2.89. The third kappa shape index (κ3) is 1.56. The van der Waals surface area contributed by atoms with Gasteiger partial charge in [-0.25, -0.2) is 0 Å². The highest BCUT2D eigenvalue weighted by Crippen LogP contribution is 2.55. The molecule has 2 fully saturated rings. The zero-order valence-electron chi connectivity index (χ0n) is 10.5. The van der Waals surface area contributed by atoms with Crippen LogP contribution in [-0.4, -0.2) is 18.0 Å². The van der Waals surface area contributed by atoms with Gasteiger partial charge in [0.15, 0.2) is 5.78 Å². The normalized spacial score (nSPS) is 40.9. The Morgan fingerprint density at radius 3 is 2.69 bits per heavy atom. The van der Waals surface area contributed by atoms with Crippen molar-refractivity contribution in [2.75, 3.05) is 0 Å². The summed E-state index contributed by atoms with van der Waals surface area (Å²) in [5, 5.41) is 0. The van der Waals surface area contributed by atoms with Crippen molar-refractivity contribution in [3.63, 3.8) is 0 Å². The third-order valence-corrected chi connectivity index (χ3v) is 4.17. The summed E-state index contributed by atoms with van der Waals surface area (Å²) in [4.78, 5) is 12.3. The number of epoxide rings is 1. The molecule has 88 valence electrons. The molecule has 0 bridgehead atoms. The fourth-order valence-corrected chi connectivity index (χ4v) is 2.49. The van der Waals surface area contributed by atoms with Crippen LogP contribution in [0.3, 0.4) is 0 Å². The van der Waals surface area contributed by atoms with Gasteiger partial charge in [-0.05, 0) is 25.7 Å². The minimum absolute atomic E-state index is 0.0479. The fraction of sp³-hybridized carbons (Fsp3) is 0.643. The van der Waals surface area contributed by atoms with Gasteiger partial charge in [0.25, 0.3) is 0 Å². The molecule has 1 saturated heterocycles. The van der Waals surface area contributed by atoms with E-state index < -0.39 is 5.41 Å². The average molecular weight is 220 g/mol. The summed E-state index contributed by atoms with van der Waals surface area (Å²) >= 11 is 0. The summed E-state index contributed by atoms with van der Waals surface area (Å²) in [5.74, 6) is 0.228. The predicted molar refractivity (Wildman–Crippen MR) is 64.1 cm³/mol. The molecular formula is C14H20O2. The Bertz CT molecular complexity index is 378. The molecule has 0 N–H and O–H groups in total. The second kappa shape index (κ2) is 3.30. The van der Waals surface area contributed by atoms with E-state index in [1.165, 1.54) is 0 Å². The first-order chi connectivity index (χ1) is 7.28. The molecule has 0 aromatic carbocycles. The zero-order chi connectivity index (χ0) is 12.1. The maximum atomic E-state index is 12.3. The zero-order valence-corrected chi connectivity index (χ0v) is 10.5. The highest BCUT2D eigenvalue weighted by atomic mass is 16.6. The van der Waals surface area contributed by atoms with Crippen LogP contribution in [0, 0.1) is 10.8 Å². The number of Topliss-reactive ketones (excluding diaryl/α,β-unsaturated/α-hetero) is 1. The Morgan fingerprint density at radius 1 is 1.50 bits per heavy atom. The van der Waals surface area contributed by atoms with Gasteiger partial charge in [0.2, 0.25) is 0 Å². The van der Waals surface area contributed by atoms with Crippen LogP contribution in [0.25, 0.3) is 0 Å². The van der Waals surface area contributed by atoms with Crippen LogP contribution in [0.1, 0.15) is 34.1 Å². The molecule has 0 aromatic heterocycles. The highest BCUT2D eigenvalue weighted by molar-refractivity contribution is 5.94. The van der Waals surface area contributed by atoms with Gasteiger partial charge in [0, 0.05) is 0 Å². The van der Waals surface area contributed by atoms with Gasteiger partial charge in [-0.1, -0.05) is 38.2 Å². The molecule has 1 heterocycles. The SMILES string of the molecule is C=C(C)/C=C\[C@]1(C)C(=O)[C@@H]2O[C@@H]2CC1(C)C. The van der Waals surface area contributed by atoms with Crippen molar-refractivity contribution < 1.29 is 9.53 Å². The van der Waals surface area contributed by atoms with Crippen LogP contribution in [0.15, 0.2) is 24.3 Å². The molecule has 0 aromatic rings. The van der Waals surface area contributed by atoms with Crippen molar-refractivity contribution in [2.24, 2.45) is 10.8 Å². The van der Waals surface area contributed by atoms with E-state index in [4.69, 9.17) is 4.74 Å². The van der Waals surface area contributed by atoms with Crippen LogP contribution < -0.4 is 0 Å². The van der Waals surface area contributed by atoms with Crippen LogP contribution in [0.4, 0.5) is 0 Å². The lowest BCUT2D eigenvalue weighted by Gasteiger charge is -2.43. The van der Waals surface area contributed by atoms with Gasteiger partial charge in [0.1, 0.15) is 6.10 Å². The third-order valence-electron chi connectivity index (χ3n) is 4.17. The van der Waals surface area contributed by atoms with Crippen molar-refractivity contribution in [3.05, 3.63) is 24.3 Å². The van der Waals surface area contributed by atoms with E-state index in [2.05, 4.69) is 20.4 Å². The number of carbonyl (C=O) groups excluding carboxylic acids is 1. The Labute approximate surface area is 97.4 Å². The number of allylic oxidation sites excluding steroid dienone is 3. The molecule has 3 atom stereocenters. The molecule has 16 heavy (non-hydrogen) atoms. The van der Waals surface area contributed by atoms with E-state index in [1.807, 2.05) is 26.0 Å². The van der Waals surface area contributed by atoms with Crippen molar-refractivity contribution in [3.8, 4) is 0 Å². The van der Waals surface area contributed by atoms with E-state index in [9.17, 15) is 4.79 Å². The maximum Gasteiger partial charge on any atom is 0.174 e. The van der Waals surface area contributed by atoms with Gasteiger partial charge >= 0.3 is 0 Å². The van der Waals surface area contributed by atoms with Crippen molar-refractivity contribution in [1.29, 1.82) is 0 Å². The summed E-state index contributed by atoms with van der Waals surface area (Å²) in [6.07, 6.45) is 4.94. The molecular weight excluding hydrogens is 200 g/mol. The topological polar surface area (TPSA) is 29.6 Å². The minimum atomic E-state index is -0.427. The first-order valence-electron chi connectivity index (χ1n) is 5.82. The van der Waals surface area contributed by atoms with Gasteiger partial charge < -0.3 is 4.74 Å². The first-order valence-corrected chi connectivity index (χ1v) is 5.82. The molecule has 0 unspecified atom stereocenters. The van der Waals surface area contributed by atoms with Crippen LogP contribution in [0.2, 0.25) is 0 Å². The Hall–Kier alpha value is -0.890. The van der Waals surface area contributed by atoms with Crippen LogP contribution in [-0.2, 0) is 9.53 Å². The summed E-state index contributed by atoms with van der Waals surface area (Å²) in [7, 11) is 0. The molecule has 0 amide bonds. The largest absolute Gasteiger partial charge is 0.361 e. The quantitative estimate of drug-likeness (QED) is 0.529. The number of hydrogen-bond acceptors (Lipinski definition) is 2. The number of carbonyl (C=O) groups is 1. The molecule has 0 spiro atoms. The molecule has 1 aliphatic carbocycles. The summed E-state index contributed by atoms with van der Waals surface area (Å²) < 4.78 is 5.42. The molecule has 2 nitrogen and oxygen atoms in total. The van der Waals surface area contributed by atoms with Crippen molar-refractivity contribution >= 4 is 5.78 Å². The standard InChI is InChI=1S/C14H20O2/c1-9(2)6-7-14(5)12(15)11-10(16-11)8-13(14,3)4/h6-7,10-11H,1,8H2,2-5H3/b7-6-/t10-,11-,14-/m1/s1. The number of ether oxygens (including phenoxy) is 1. The summed E-state index contributed by atoms with van der Waals surface area (Å²) in [5.41, 5.74) is 0.501. The van der Waals surface area contributed by atoms with Crippen molar-refractivity contribution in [1.82, 2.24) is 0 Å². The summed E-state index contributed by atoms with van der Waals surface area (Å²) in [6.45, 7) is 12.1. The lowest BCUT2D eigenvalue weighted by Crippen LogP contribution is -2.47. The monoisotopic (exact) mass is 220 g/mol. The molecule has 2 heteroatoms. The number of hydrogen-bond donors (Lipinski definition) is 0. The smallest absolute Gasteiger partial charge is 0.174 e. The second-order valence-corrected chi connectivity index (χ2v) is 5.93. The van der Waals surface area contributed by atoms with E-state index in [-0.39, 0.29) is 23.4 Å². The van der Waals surface area contributed by atoms with Crippen LogP contribution >= 0.6 is 0 Å². The Balaban J connectivity index is 2.34. The second-order valence-electron chi connectivity index (χ2n) is 5.93. The van der Waals surface area contributed by atoms with Gasteiger partial charge in [0.05, 0.1) is 11.5 Å². The molecule has 2 rings (SSSR count). The van der Waals surface area contributed by atoms with E-state index in [1.54, 1.807) is 0 Å². The van der Waals surface area contributed by atoms with E-state index >= 15 is 0 Å². The maximum absolute atomic E-state index is 12.3. The average Bonchev–Trinajstić information content (AvgIpc) is 2.89. The fourth-order valence-electron chi connectivity index (χ4n) is 2.49. The Morgan fingerprint density at radius 2 is 2.12 bits per heavy atom. The lowest BCUT2D eigenvalue weighted by atomic mass is 9.58. The number of rotatable bonds is 2. The van der Waals surface area contributed by atoms with Crippen LogP contribution in [0.5, 0.6) is 0 Å². The van der Waals surface area contributed by atoms with Gasteiger partial charge in [-0.2, -0.15) is 0 Å². The minimum Gasteiger partial charge on any atom is -0.361 e. The van der Waals surface area contributed by atoms with Gasteiger partial charge in [-0.3, -0.25) is 4.79 Å². The number of ketones is 1. The first kappa shape index (κ1) is 11.6. The van der Waals surface area contributed by atoms with Crippen molar-refractivity contribution in [2.45, 2.75) is 46.3 Å². The number of fused-ring (bicyclic) bond motifs is 1. The van der Waals surface area contributed by atoms with E-state index in [0.29, 0.717) is 0 Å².